The number of carbonyl (C=O) groups is 2. The Hall–Kier alpha value is -3.92. The van der Waals surface area contributed by atoms with Crippen LogP contribution in [0.25, 0.3) is 6.08 Å². The van der Waals surface area contributed by atoms with E-state index in [1.54, 1.807) is 11.0 Å². The molecule has 3 aromatic carbocycles. The predicted octanol–water partition coefficient (Wildman–Crippen LogP) is 5.17. The number of hydrogen-bond acceptors (Lipinski definition) is 3. The van der Waals surface area contributed by atoms with E-state index in [0.717, 1.165) is 22.3 Å². The average Bonchev–Trinajstić information content (AvgIpc) is 3.04. The second kappa shape index (κ2) is 8.84. The number of aliphatic hydroxyl groups excluding tert-OH is 1. The highest BCUT2D eigenvalue weighted by molar-refractivity contribution is 6.14. The van der Waals surface area contributed by atoms with Gasteiger partial charge < -0.3 is 10.0 Å². The van der Waals surface area contributed by atoms with Crippen LogP contribution in [0.5, 0.6) is 0 Å². The van der Waals surface area contributed by atoms with Gasteiger partial charge in [-0.3, -0.25) is 9.59 Å². The molecule has 4 rings (SSSR count). The number of aryl methyl sites for hydroxylation is 1. The highest BCUT2D eigenvalue weighted by Crippen LogP contribution is 2.39. The largest absolute Gasteiger partial charge is 0.503 e. The number of hydrogen-bond donors (Lipinski definition) is 1. The van der Waals surface area contributed by atoms with Crippen molar-refractivity contribution in [3.63, 3.8) is 0 Å². The van der Waals surface area contributed by atoms with Crippen molar-refractivity contribution >= 4 is 17.8 Å². The summed E-state index contributed by atoms with van der Waals surface area (Å²) in [6.07, 6.45) is 3.11. The van der Waals surface area contributed by atoms with Crippen molar-refractivity contribution in [1.29, 1.82) is 0 Å². The standard InChI is InChI=1S/C27H23NO3/c1-19-12-15-22(16-13-19)25-24(23(29)17-14-20-8-4-2-5-9-20)26(30)27(31)28(25)18-21-10-6-3-7-11-21/h2-17,25,30H,18H2,1H3/b17-14+. The third-order valence-electron chi connectivity index (χ3n) is 5.38. The van der Waals surface area contributed by atoms with Gasteiger partial charge in [-0.25, -0.2) is 0 Å². The van der Waals surface area contributed by atoms with Gasteiger partial charge in [0.05, 0.1) is 11.6 Å². The maximum atomic E-state index is 13.1. The molecule has 0 fully saturated rings. The molecule has 1 heterocycles. The van der Waals surface area contributed by atoms with E-state index < -0.39 is 17.7 Å². The van der Waals surface area contributed by atoms with Crippen LogP contribution in [0.1, 0.15) is 28.3 Å². The molecule has 3 aromatic rings. The molecule has 0 radical (unpaired) electrons. The van der Waals surface area contributed by atoms with Crippen molar-refractivity contribution in [1.82, 2.24) is 4.90 Å². The lowest BCUT2D eigenvalue weighted by atomic mass is 9.94. The van der Waals surface area contributed by atoms with Gasteiger partial charge in [0.25, 0.3) is 5.91 Å². The third kappa shape index (κ3) is 4.33. The third-order valence-corrected chi connectivity index (χ3v) is 5.38. The lowest BCUT2D eigenvalue weighted by Gasteiger charge is -2.27. The minimum atomic E-state index is -0.652. The molecule has 154 valence electrons. The molecule has 1 N–H and O–H groups in total. The van der Waals surface area contributed by atoms with Crippen LogP contribution in [0.15, 0.2) is 102 Å². The first-order valence-electron chi connectivity index (χ1n) is 10.2. The number of allylic oxidation sites excluding steroid dienone is 1. The van der Waals surface area contributed by atoms with Crippen LogP contribution in [0, 0.1) is 6.92 Å². The molecule has 0 bridgehead atoms. The predicted molar refractivity (Wildman–Crippen MR) is 121 cm³/mol. The van der Waals surface area contributed by atoms with E-state index in [-0.39, 0.29) is 11.4 Å². The number of amides is 1. The highest BCUT2D eigenvalue weighted by atomic mass is 16.3. The molecule has 31 heavy (non-hydrogen) atoms. The molecule has 0 aliphatic carbocycles. The molecule has 0 saturated carbocycles. The van der Waals surface area contributed by atoms with Crippen LogP contribution in [0.4, 0.5) is 0 Å². The Morgan fingerprint density at radius 2 is 1.55 bits per heavy atom. The molecule has 4 heteroatoms. The first-order valence-corrected chi connectivity index (χ1v) is 10.2. The van der Waals surface area contributed by atoms with Crippen molar-refractivity contribution in [2.24, 2.45) is 0 Å². The molecule has 1 aliphatic rings. The van der Waals surface area contributed by atoms with Gasteiger partial charge in [-0.1, -0.05) is 96.6 Å². The first kappa shape index (κ1) is 20.4. The van der Waals surface area contributed by atoms with E-state index in [1.165, 1.54) is 6.08 Å². The molecular formula is C27H23NO3. The fourth-order valence-electron chi connectivity index (χ4n) is 3.77. The minimum absolute atomic E-state index is 0.108. The summed E-state index contributed by atoms with van der Waals surface area (Å²) in [6.45, 7) is 2.27. The monoisotopic (exact) mass is 409 g/mol. The van der Waals surface area contributed by atoms with E-state index in [1.807, 2.05) is 91.9 Å². The molecule has 0 saturated heterocycles. The molecule has 1 amide bonds. The fraction of sp³-hybridized carbons (Fsp3) is 0.111. The molecule has 0 aromatic heterocycles. The summed E-state index contributed by atoms with van der Waals surface area (Å²) in [5, 5.41) is 10.7. The maximum Gasteiger partial charge on any atom is 0.290 e. The number of nitrogens with zero attached hydrogens (tertiary/aromatic N) is 1. The summed E-state index contributed by atoms with van der Waals surface area (Å²) in [4.78, 5) is 27.7. The first-order chi connectivity index (χ1) is 15.0. The van der Waals surface area contributed by atoms with Gasteiger partial charge in [0.15, 0.2) is 11.5 Å². The Morgan fingerprint density at radius 3 is 2.19 bits per heavy atom. The van der Waals surface area contributed by atoms with Gasteiger partial charge in [0.1, 0.15) is 0 Å². The number of aliphatic hydroxyl groups is 1. The Labute approximate surface area is 181 Å². The summed E-state index contributed by atoms with van der Waals surface area (Å²) in [5.74, 6) is -1.40. The van der Waals surface area contributed by atoms with Crippen molar-refractivity contribution in [2.75, 3.05) is 0 Å². The zero-order valence-corrected chi connectivity index (χ0v) is 17.2. The zero-order chi connectivity index (χ0) is 21.8. The van der Waals surface area contributed by atoms with Crippen molar-refractivity contribution in [3.05, 3.63) is 125 Å². The molecule has 0 spiro atoms. The van der Waals surface area contributed by atoms with Crippen molar-refractivity contribution < 1.29 is 14.7 Å². The normalized spacial score (nSPS) is 16.4. The number of rotatable bonds is 6. The lowest BCUT2D eigenvalue weighted by Crippen LogP contribution is -2.30. The Balaban J connectivity index is 1.72. The Bertz CT molecular complexity index is 1150. The summed E-state index contributed by atoms with van der Waals surface area (Å²) in [5.41, 5.74) is 3.77. The second-order valence-electron chi connectivity index (χ2n) is 7.60. The molecule has 1 aliphatic heterocycles. The Kier molecular flexibility index (Phi) is 5.80. The minimum Gasteiger partial charge on any atom is -0.503 e. The summed E-state index contributed by atoms with van der Waals surface area (Å²) >= 11 is 0. The number of carbonyl (C=O) groups excluding carboxylic acids is 2. The average molecular weight is 409 g/mol. The Morgan fingerprint density at radius 1 is 0.935 bits per heavy atom. The van der Waals surface area contributed by atoms with Crippen LogP contribution in [-0.4, -0.2) is 21.7 Å². The van der Waals surface area contributed by atoms with Crippen LogP contribution in [0.2, 0.25) is 0 Å². The zero-order valence-electron chi connectivity index (χ0n) is 17.2. The fourth-order valence-corrected chi connectivity index (χ4v) is 3.77. The highest BCUT2D eigenvalue weighted by Gasteiger charge is 2.42. The van der Waals surface area contributed by atoms with E-state index >= 15 is 0 Å². The summed E-state index contributed by atoms with van der Waals surface area (Å²) < 4.78 is 0. The van der Waals surface area contributed by atoms with Crippen LogP contribution >= 0.6 is 0 Å². The smallest absolute Gasteiger partial charge is 0.290 e. The van der Waals surface area contributed by atoms with Gasteiger partial charge in [-0.15, -0.1) is 0 Å². The van der Waals surface area contributed by atoms with Gasteiger partial charge in [-0.2, -0.15) is 0 Å². The topological polar surface area (TPSA) is 57.6 Å². The van der Waals surface area contributed by atoms with E-state index in [9.17, 15) is 14.7 Å². The quantitative estimate of drug-likeness (QED) is 0.571. The lowest BCUT2D eigenvalue weighted by molar-refractivity contribution is -0.130. The van der Waals surface area contributed by atoms with E-state index in [4.69, 9.17) is 0 Å². The van der Waals surface area contributed by atoms with Crippen molar-refractivity contribution in [3.8, 4) is 0 Å². The molecule has 1 atom stereocenters. The SMILES string of the molecule is Cc1ccc(C2C(C(=O)/C=C/c3ccccc3)=C(O)C(=O)N2Cc2ccccc2)cc1. The number of ketones is 1. The van der Waals surface area contributed by atoms with E-state index in [0.29, 0.717) is 6.54 Å². The molecular weight excluding hydrogens is 386 g/mol. The van der Waals surface area contributed by atoms with Crippen molar-refractivity contribution in [2.45, 2.75) is 19.5 Å². The summed E-state index contributed by atoms with van der Waals surface area (Å²) in [6, 6.07) is 26.0. The van der Waals surface area contributed by atoms with Gasteiger partial charge in [0, 0.05) is 6.54 Å². The summed E-state index contributed by atoms with van der Waals surface area (Å²) in [7, 11) is 0. The van der Waals surface area contributed by atoms with Gasteiger partial charge in [-0.05, 0) is 29.7 Å². The number of benzene rings is 3. The van der Waals surface area contributed by atoms with Gasteiger partial charge in [0.2, 0.25) is 0 Å². The molecule has 1 unspecified atom stereocenters. The second-order valence-corrected chi connectivity index (χ2v) is 7.60. The van der Waals surface area contributed by atoms with Crippen LogP contribution in [0.3, 0.4) is 0 Å². The van der Waals surface area contributed by atoms with Crippen LogP contribution in [-0.2, 0) is 16.1 Å². The van der Waals surface area contributed by atoms with Gasteiger partial charge >= 0.3 is 0 Å². The molecule has 4 nitrogen and oxygen atoms in total. The maximum absolute atomic E-state index is 13.1. The van der Waals surface area contributed by atoms with Crippen LogP contribution < -0.4 is 0 Å². The van der Waals surface area contributed by atoms with E-state index in [2.05, 4.69) is 0 Å².